The van der Waals surface area contributed by atoms with E-state index in [-0.39, 0.29) is 24.9 Å². The van der Waals surface area contributed by atoms with E-state index >= 15 is 0 Å². The number of aromatic amines is 1. The van der Waals surface area contributed by atoms with Crippen molar-refractivity contribution in [2.75, 3.05) is 13.2 Å². The lowest BCUT2D eigenvalue weighted by molar-refractivity contribution is -0.138. The number of nitrogens with one attached hydrogen (secondary N) is 1. The predicted octanol–water partition coefficient (Wildman–Crippen LogP) is 1.46. The summed E-state index contributed by atoms with van der Waals surface area (Å²) in [5, 5.41) is 0. The minimum atomic E-state index is -0.321. The van der Waals surface area contributed by atoms with Crippen LogP contribution in [0.3, 0.4) is 0 Å². The number of aromatic nitrogens is 4. The summed E-state index contributed by atoms with van der Waals surface area (Å²) in [5.74, 6) is 0.183. The number of hydrogen-bond donors (Lipinski definition) is 1. The van der Waals surface area contributed by atoms with E-state index in [0.29, 0.717) is 29.9 Å². The quantitative estimate of drug-likeness (QED) is 0.786. The molecule has 3 aromatic rings. The standard InChI is InChI=1S/C16H16FN5O2/c17-11-1-2-13-14(5-11)20-15(19-13)8-24-9-16(23)21-3-4-22-10-18-6-12(22)7-21/h1-2,5-6,10H,3-4,7-9H2,(H,19,20). The molecule has 0 saturated carbocycles. The fraction of sp³-hybridized carbons (Fsp3) is 0.312. The zero-order valence-corrected chi connectivity index (χ0v) is 12.9. The van der Waals surface area contributed by atoms with Crippen molar-refractivity contribution < 1.29 is 13.9 Å². The van der Waals surface area contributed by atoms with E-state index in [1.54, 1.807) is 23.5 Å². The van der Waals surface area contributed by atoms with Crippen molar-refractivity contribution in [3.63, 3.8) is 0 Å². The Bertz CT molecular complexity index is 888. The van der Waals surface area contributed by atoms with Crippen molar-refractivity contribution in [1.29, 1.82) is 0 Å². The number of fused-ring (bicyclic) bond motifs is 2. The molecule has 8 heteroatoms. The number of rotatable bonds is 4. The van der Waals surface area contributed by atoms with Crippen LogP contribution in [0.15, 0.2) is 30.7 Å². The summed E-state index contributed by atoms with van der Waals surface area (Å²) >= 11 is 0. The first-order chi connectivity index (χ1) is 11.7. The number of benzene rings is 1. The summed E-state index contributed by atoms with van der Waals surface area (Å²) in [7, 11) is 0. The molecule has 0 radical (unpaired) electrons. The van der Waals surface area contributed by atoms with Crippen LogP contribution < -0.4 is 0 Å². The molecule has 0 unspecified atom stereocenters. The van der Waals surface area contributed by atoms with Crippen molar-refractivity contribution in [2.45, 2.75) is 19.7 Å². The Balaban J connectivity index is 1.32. The first-order valence-corrected chi connectivity index (χ1v) is 7.68. The van der Waals surface area contributed by atoms with E-state index in [1.165, 1.54) is 12.1 Å². The topological polar surface area (TPSA) is 76.0 Å². The lowest BCUT2D eigenvalue weighted by Gasteiger charge is -2.27. The number of carbonyl (C=O) groups excluding carboxylic acids is 1. The molecule has 124 valence electrons. The summed E-state index contributed by atoms with van der Waals surface area (Å²) in [6.07, 6.45) is 3.55. The SMILES string of the molecule is O=C(COCc1nc2ccc(F)cc2[nH]1)N1CCn2cncc2C1. The third-order valence-corrected chi connectivity index (χ3v) is 4.07. The Hall–Kier alpha value is -2.74. The van der Waals surface area contributed by atoms with Crippen LogP contribution in [0, 0.1) is 5.82 Å². The third kappa shape index (κ3) is 2.88. The van der Waals surface area contributed by atoms with Gasteiger partial charge < -0.3 is 19.2 Å². The number of imidazole rings is 2. The largest absolute Gasteiger partial charge is 0.364 e. The first-order valence-electron chi connectivity index (χ1n) is 7.68. The van der Waals surface area contributed by atoms with E-state index < -0.39 is 0 Å². The molecule has 1 amide bonds. The highest BCUT2D eigenvalue weighted by Gasteiger charge is 2.20. The van der Waals surface area contributed by atoms with Gasteiger partial charge >= 0.3 is 0 Å². The van der Waals surface area contributed by atoms with Gasteiger partial charge in [-0.1, -0.05) is 0 Å². The highest BCUT2D eigenvalue weighted by Crippen LogP contribution is 2.14. The number of ether oxygens (including phenoxy) is 1. The van der Waals surface area contributed by atoms with Crippen LogP contribution in [0.4, 0.5) is 4.39 Å². The van der Waals surface area contributed by atoms with Gasteiger partial charge in [0.2, 0.25) is 5.91 Å². The summed E-state index contributed by atoms with van der Waals surface area (Å²) in [4.78, 5) is 25.4. The molecule has 1 aliphatic heterocycles. The van der Waals surface area contributed by atoms with E-state index in [9.17, 15) is 9.18 Å². The number of hydrogen-bond acceptors (Lipinski definition) is 4. The number of nitrogens with zero attached hydrogens (tertiary/aromatic N) is 4. The Morgan fingerprint density at radius 1 is 1.38 bits per heavy atom. The molecule has 7 nitrogen and oxygen atoms in total. The molecule has 4 rings (SSSR count). The highest BCUT2D eigenvalue weighted by molar-refractivity contribution is 5.77. The molecule has 0 bridgehead atoms. The molecular weight excluding hydrogens is 313 g/mol. The lowest BCUT2D eigenvalue weighted by atomic mass is 10.3. The van der Waals surface area contributed by atoms with Crippen molar-refractivity contribution >= 4 is 16.9 Å². The van der Waals surface area contributed by atoms with Crippen LogP contribution in [0.25, 0.3) is 11.0 Å². The third-order valence-electron chi connectivity index (χ3n) is 4.07. The molecule has 3 heterocycles. The van der Waals surface area contributed by atoms with Crippen LogP contribution >= 0.6 is 0 Å². The van der Waals surface area contributed by atoms with Gasteiger partial charge in [0.1, 0.15) is 24.9 Å². The monoisotopic (exact) mass is 329 g/mol. The van der Waals surface area contributed by atoms with Crippen LogP contribution in [0.1, 0.15) is 11.5 Å². The zero-order valence-electron chi connectivity index (χ0n) is 12.9. The maximum Gasteiger partial charge on any atom is 0.249 e. The van der Waals surface area contributed by atoms with Crippen molar-refractivity contribution in [3.8, 4) is 0 Å². The van der Waals surface area contributed by atoms with Gasteiger partial charge in [0.05, 0.1) is 29.6 Å². The molecule has 1 N–H and O–H groups in total. The average Bonchev–Trinajstić information content (AvgIpc) is 3.19. The van der Waals surface area contributed by atoms with Gasteiger partial charge in [0.25, 0.3) is 0 Å². The Kier molecular flexibility index (Phi) is 3.73. The second-order valence-corrected chi connectivity index (χ2v) is 5.73. The molecule has 0 atom stereocenters. The Morgan fingerprint density at radius 2 is 2.29 bits per heavy atom. The molecule has 0 aliphatic carbocycles. The zero-order chi connectivity index (χ0) is 16.5. The lowest BCUT2D eigenvalue weighted by Crippen LogP contribution is -2.39. The average molecular weight is 329 g/mol. The second kappa shape index (κ2) is 6.04. The number of halogens is 1. The van der Waals surface area contributed by atoms with E-state index in [0.717, 1.165) is 12.2 Å². The Morgan fingerprint density at radius 3 is 3.21 bits per heavy atom. The maximum atomic E-state index is 13.2. The number of amides is 1. The van der Waals surface area contributed by atoms with E-state index in [1.807, 2.05) is 4.57 Å². The highest BCUT2D eigenvalue weighted by atomic mass is 19.1. The smallest absolute Gasteiger partial charge is 0.249 e. The van der Waals surface area contributed by atoms with Gasteiger partial charge in [-0.2, -0.15) is 0 Å². The molecule has 2 aromatic heterocycles. The molecule has 1 aliphatic rings. The maximum absolute atomic E-state index is 13.2. The Labute approximate surface area is 137 Å². The van der Waals surface area contributed by atoms with Gasteiger partial charge in [-0.25, -0.2) is 14.4 Å². The second-order valence-electron chi connectivity index (χ2n) is 5.73. The van der Waals surface area contributed by atoms with Crippen LogP contribution in [0.2, 0.25) is 0 Å². The van der Waals surface area contributed by atoms with Gasteiger partial charge in [0, 0.05) is 19.3 Å². The number of carbonyl (C=O) groups is 1. The molecule has 0 spiro atoms. The van der Waals surface area contributed by atoms with Crippen LogP contribution in [0.5, 0.6) is 0 Å². The number of H-pyrrole nitrogens is 1. The van der Waals surface area contributed by atoms with Gasteiger partial charge in [-0.15, -0.1) is 0 Å². The van der Waals surface area contributed by atoms with E-state index in [4.69, 9.17) is 4.74 Å². The summed E-state index contributed by atoms with van der Waals surface area (Å²) in [6.45, 7) is 2.10. The molecule has 0 fully saturated rings. The normalized spacial score (nSPS) is 14.1. The summed E-state index contributed by atoms with van der Waals surface area (Å²) in [6, 6.07) is 4.35. The summed E-state index contributed by atoms with van der Waals surface area (Å²) in [5.41, 5.74) is 2.31. The van der Waals surface area contributed by atoms with Crippen molar-refractivity contribution in [2.24, 2.45) is 0 Å². The minimum absolute atomic E-state index is 0.0143. The van der Waals surface area contributed by atoms with Gasteiger partial charge in [-0.3, -0.25) is 4.79 Å². The van der Waals surface area contributed by atoms with E-state index in [2.05, 4.69) is 15.0 Å². The molecular formula is C16H16FN5O2. The fourth-order valence-corrected chi connectivity index (χ4v) is 2.83. The molecule has 1 aromatic carbocycles. The predicted molar refractivity (Wildman–Crippen MR) is 83.4 cm³/mol. The van der Waals surface area contributed by atoms with Gasteiger partial charge in [0.15, 0.2) is 0 Å². The van der Waals surface area contributed by atoms with Crippen LogP contribution in [-0.2, 0) is 29.2 Å². The minimum Gasteiger partial charge on any atom is -0.364 e. The van der Waals surface area contributed by atoms with Crippen LogP contribution in [-0.4, -0.2) is 43.5 Å². The van der Waals surface area contributed by atoms with Crippen molar-refractivity contribution in [1.82, 2.24) is 24.4 Å². The van der Waals surface area contributed by atoms with Crippen molar-refractivity contribution in [3.05, 3.63) is 48.1 Å². The molecule has 0 saturated heterocycles. The fourth-order valence-electron chi connectivity index (χ4n) is 2.83. The molecule has 24 heavy (non-hydrogen) atoms. The van der Waals surface area contributed by atoms with Gasteiger partial charge in [-0.05, 0) is 18.2 Å². The summed E-state index contributed by atoms with van der Waals surface area (Å²) < 4.78 is 20.7. The first kappa shape index (κ1) is 14.8.